The highest BCUT2D eigenvalue weighted by Gasteiger charge is 2.36. The van der Waals surface area contributed by atoms with Gasteiger partial charge in [-0.05, 0) is 49.8 Å². The number of carbonyl (C=O) groups excluding carboxylic acids is 1. The first-order valence-electron chi connectivity index (χ1n) is 12.7. The van der Waals surface area contributed by atoms with E-state index in [-0.39, 0.29) is 12.2 Å². The minimum Gasteiger partial charge on any atom is -0.496 e. The number of fused-ring (bicyclic) bond motifs is 1. The van der Waals surface area contributed by atoms with E-state index in [0.717, 1.165) is 10.9 Å². The first kappa shape index (κ1) is 29.4. The SMILES string of the molecule is CCCC1=C(C(=O)OCC)[C@H](c2cc(Br)ccc2OC)n2c(s/c(=C/c3ccc(OC)c(OC)c3OC)c2=O)=N1. The number of halogens is 1. The minimum atomic E-state index is -0.807. The normalized spacial score (nSPS) is 14.9. The Morgan fingerprint density at radius 1 is 1.02 bits per heavy atom. The maximum absolute atomic E-state index is 14.1. The number of aromatic nitrogens is 1. The van der Waals surface area contributed by atoms with Crippen LogP contribution in [0.4, 0.5) is 0 Å². The molecule has 0 bridgehead atoms. The number of methoxy groups -OCH3 is 4. The second-order valence-electron chi connectivity index (χ2n) is 8.72. The summed E-state index contributed by atoms with van der Waals surface area (Å²) in [5.74, 6) is 1.36. The van der Waals surface area contributed by atoms with Crippen molar-refractivity contribution in [3.63, 3.8) is 0 Å². The van der Waals surface area contributed by atoms with Crippen LogP contribution in [-0.4, -0.2) is 45.6 Å². The number of rotatable bonds is 10. The van der Waals surface area contributed by atoms with Crippen molar-refractivity contribution in [3.8, 4) is 23.0 Å². The monoisotopic (exact) mass is 630 g/mol. The summed E-state index contributed by atoms with van der Waals surface area (Å²) < 4.78 is 30.4. The first-order chi connectivity index (χ1) is 19.3. The second kappa shape index (κ2) is 12.7. The molecule has 11 heteroatoms. The van der Waals surface area contributed by atoms with Crippen LogP contribution in [0.3, 0.4) is 0 Å². The molecule has 1 aliphatic heterocycles. The van der Waals surface area contributed by atoms with Crippen LogP contribution >= 0.6 is 27.3 Å². The van der Waals surface area contributed by atoms with Crippen LogP contribution in [0.15, 0.2) is 55.9 Å². The van der Waals surface area contributed by atoms with Gasteiger partial charge in [-0.15, -0.1) is 0 Å². The number of hydrogen-bond donors (Lipinski definition) is 0. The van der Waals surface area contributed by atoms with Gasteiger partial charge in [0.05, 0.1) is 50.8 Å². The molecule has 9 nitrogen and oxygen atoms in total. The molecule has 0 fully saturated rings. The molecule has 1 aliphatic rings. The Bertz CT molecular complexity index is 1640. The third-order valence-corrected chi connectivity index (χ3v) is 7.88. The molecule has 212 valence electrons. The van der Waals surface area contributed by atoms with E-state index in [4.69, 9.17) is 28.7 Å². The van der Waals surface area contributed by atoms with E-state index in [1.807, 2.05) is 19.1 Å². The molecule has 1 aromatic heterocycles. The Morgan fingerprint density at radius 2 is 1.73 bits per heavy atom. The zero-order chi connectivity index (χ0) is 29.0. The summed E-state index contributed by atoms with van der Waals surface area (Å²) >= 11 is 4.77. The van der Waals surface area contributed by atoms with Gasteiger partial charge in [0, 0.05) is 15.6 Å². The van der Waals surface area contributed by atoms with Crippen LogP contribution in [0.25, 0.3) is 6.08 Å². The van der Waals surface area contributed by atoms with Gasteiger partial charge in [-0.25, -0.2) is 9.79 Å². The number of thiazole rings is 1. The molecule has 2 aromatic carbocycles. The van der Waals surface area contributed by atoms with Crippen molar-refractivity contribution < 1.29 is 28.5 Å². The van der Waals surface area contributed by atoms with Crippen LogP contribution in [-0.2, 0) is 9.53 Å². The standard InChI is InChI=1S/C29H31BrN2O7S/c1-7-9-19-23(28(34)39-8-2)24(18-15-17(30)11-13-20(18)35-3)32-27(33)22(40-29(32)31-19)14-16-10-12-21(36-4)26(38-6)25(16)37-5/h10-15,24H,7-9H2,1-6H3/b22-14+/t24-/m0/s1. The van der Waals surface area contributed by atoms with Crippen molar-refractivity contribution in [1.82, 2.24) is 4.57 Å². The third kappa shape index (κ3) is 5.40. The number of esters is 1. The molecule has 0 saturated carbocycles. The summed E-state index contributed by atoms with van der Waals surface area (Å²) in [4.78, 5) is 32.8. The van der Waals surface area contributed by atoms with E-state index in [9.17, 15) is 9.59 Å². The summed E-state index contributed by atoms with van der Waals surface area (Å²) in [7, 11) is 6.15. The van der Waals surface area contributed by atoms with Crippen LogP contribution in [0, 0.1) is 0 Å². The number of benzene rings is 2. The molecule has 4 rings (SSSR count). The molecule has 0 N–H and O–H groups in total. The molecular weight excluding hydrogens is 600 g/mol. The van der Waals surface area contributed by atoms with E-state index in [2.05, 4.69) is 15.9 Å². The Morgan fingerprint density at radius 3 is 2.35 bits per heavy atom. The van der Waals surface area contributed by atoms with E-state index in [0.29, 0.717) is 61.1 Å². The average molecular weight is 632 g/mol. The lowest BCUT2D eigenvalue weighted by atomic mass is 9.93. The van der Waals surface area contributed by atoms with Gasteiger partial charge in [-0.2, -0.15) is 0 Å². The number of carbonyl (C=O) groups is 1. The fraction of sp³-hybridized carbons (Fsp3) is 0.345. The highest BCUT2D eigenvalue weighted by atomic mass is 79.9. The van der Waals surface area contributed by atoms with Crippen molar-refractivity contribution in [2.45, 2.75) is 32.7 Å². The van der Waals surface area contributed by atoms with E-state index in [1.54, 1.807) is 50.0 Å². The molecule has 0 aliphatic carbocycles. The lowest BCUT2D eigenvalue weighted by Crippen LogP contribution is -2.40. The van der Waals surface area contributed by atoms with Gasteiger partial charge in [-0.1, -0.05) is 40.6 Å². The van der Waals surface area contributed by atoms with Crippen molar-refractivity contribution in [1.29, 1.82) is 0 Å². The average Bonchev–Trinajstić information content (AvgIpc) is 3.26. The molecule has 1 atom stereocenters. The van der Waals surface area contributed by atoms with Gasteiger partial charge in [-0.3, -0.25) is 9.36 Å². The molecule has 0 amide bonds. The van der Waals surface area contributed by atoms with Crippen molar-refractivity contribution in [2.75, 3.05) is 35.0 Å². The van der Waals surface area contributed by atoms with Crippen molar-refractivity contribution >= 4 is 39.3 Å². The summed E-state index contributed by atoms with van der Waals surface area (Å²) in [5, 5.41) is 0. The molecule has 2 heterocycles. The smallest absolute Gasteiger partial charge is 0.338 e. The fourth-order valence-electron chi connectivity index (χ4n) is 4.71. The maximum Gasteiger partial charge on any atom is 0.338 e. The maximum atomic E-state index is 14.1. The molecule has 3 aromatic rings. The van der Waals surface area contributed by atoms with Crippen molar-refractivity contribution in [2.24, 2.45) is 4.99 Å². The predicted molar refractivity (Wildman–Crippen MR) is 156 cm³/mol. The summed E-state index contributed by atoms with van der Waals surface area (Å²) in [5.41, 5.74) is 1.86. The minimum absolute atomic E-state index is 0.188. The summed E-state index contributed by atoms with van der Waals surface area (Å²) in [6.45, 7) is 3.95. The zero-order valence-corrected chi connectivity index (χ0v) is 25.6. The Balaban J connectivity index is 2.06. The molecule has 40 heavy (non-hydrogen) atoms. The molecule has 0 spiro atoms. The summed E-state index contributed by atoms with van der Waals surface area (Å²) in [6.07, 6.45) is 3.02. The van der Waals surface area contributed by atoms with Crippen LogP contribution in [0.1, 0.15) is 43.9 Å². The van der Waals surface area contributed by atoms with Gasteiger partial charge >= 0.3 is 5.97 Å². The number of hydrogen-bond acceptors (Lipinski definition) is 9. The van der Waals surface area contributed by atoms with Crippen molar-refractivity contribution in [3.05, 3.63) is 76.9 Å². The summed E-state index contributed by atoms with van der Waals surface area (Å²) in [6, 6.07) is 8.23. The fourth-order valence-corrected chi connectivity index (χ4v) is 6.10. The molecule has 0 unspecified atom stereocenters. The quantitative estimate of drug-likeness (QED) is 0.307. The number of ether oxygens (including phenoxy) is 5. The second-order valence-corrected chi connectivity index (χ2v) is 10.6. The third-order valence-electron chi connectivity index (χ3n) is 6.40. The van der Waals surface area contributed by atoms with Gasteiger partial charge in [0.15, 0.2) is 16.3 Å². The van der Waals surface area contributed by atoms with Gasteiger partial charge in [0.25, 0.3) is 5.56 Å². The number of nitrogens with zero attached hydrogens (tertiary/aromatic N) is 2. The highest BCUT2D eigenvalue weighted by Crippen LogP contribution is 2.40. The molecule has 0 radical (unpaired) electrons. The van der Waals surface area contributed by atoms with Gasteiger partial charge < -0.3 is 23.7 Å². The number of allylic oxidation sites excluding steroid dienone is 1. The Hall–Kier alpha value is -3.57. The topological polar surface area (TPSA) is 97.6 Å². The Labute approximate surface area is 244 Å². The van der Waals surface area contributed by atoms with E-state index < -0.39 is 12.0 Å². The largest absolute Gasteiger partial charge is 0.496 e. The molecular formula is C29H31BrN2O7S. The van der Waals surface area contributed by atoms with Gasteiger partial charge in [0.2, 0.25) is 5.75 Å². The van der Waals surface area contributed by atoms with Crippen LogP contribution < -0.4 is 33.8 Å². The Kier molecular flexibility index (Phi) is 9.36. The van der Waals surface area contributed by atoms with Gasteiger partial charge in [0.1, 0.15) is 11.8 Å². The van der Waals surface area contributed by atoms with E-state index in [1.165, 1.54) is 25.6 Å². The highest BCUT2D eigenvalue weighted by molar-refractivity contribution is 9.10. The van der Waals surface area contributed by atoms with E-state index >= 15 is 0 Å². The van der Waals surface area contributed by atoms with Crippen LogP contribution in [0.2, 0.25) is 0 Å². The zero-order valence-electron chi connectivity index (χ0n) is 23.2. The lowest BCUT2D eigenvalue weighted by molar-refractivity contribution is -0.139. The molecule has 0 saturated heterocycles. The predicted octanol–water partition coefficient (Wildman–Crippen LogP) is 4.38. The lowest BCUT2D eigenvalue weighted by Gasteiger charge is -2.27. The first-order valence-corrected chi connectivity index (χ1v) is 14.3. The van der Waals surface area contributed by atoms with Crippen LogP contribution in [0.5, 0.6) is 23.0 Å².